The van der Waals surface area contributed by atoms with Crippen molar-refractivity contribution in [3.8, 4) is 17.0 Å². The number of fused-ring (bicyclic) bond motifs is 2. The average Bonchev–Trinajstić information content (AvgIpc) is 2.86. The zero-order valence-corrected chi connectivity index (χ0v) is 19.9. The van der Waals surface area contributed by atoms with E-state index < -0.39 is 0 Å². The van der Waals surface area contributed by atoms with Gasteiger partial charge in [0.25, 0.3) is 0 Å². The maximum atomic E-state index is 5.88. The Bertz CT molecular complexity index is 1080. The first-order valence-electron chi connectivity index (χ1n) is 12.4. The topological polar surface area (TPSA) is 37.4 Å². The molecule has 33 heavy (non-hydrogen) atoms. The molecule has 1 N–H and O–H groups in total. The van der Waals surface area contributed by atoms with E-state index in [0.717, 1.165) is 49.7 Å². The van der Waals surface area contributed by atoms with Gasteiger partial charge in [-0.25, -0.2) is 0 Å². The molecule has 0 radical (unpaired) electrons. The van der Waals surface area contributed by atoms with E-state index in [1.54, 1.807) is 0 Å². The Hall–Kier alpha value is -2.69. The predicted octanol–water partition coefficient (Wildman–Crippen LogP) is 5.42. The highest BCUT2D eigenvalue weighted by molar-refractivity contribution is 5.67. The van der Waals surface area contributed by atoms with Crippen molar-refractivity contribution >= 4 is 0 Å². The molecule has 5 rings (SSSR count). The van der Waals surface area contributed by atoms with Gasteiger partial charge in [0.2, 0.25) is 0 Å². The Morgan fingerprint density at radius 2 is 1.85 bits per heavy atom. The van der Waals surface area contributed by atoms with Crippen molar-refractivity contribution in [2.45, 2.75) is 45.2 Å². The van der Waals surface area contributed by atoms with Crippen LogP contribution in [0.25, 0.3) is 11.3 Å². The Balaban J connectivity index is 1.43. The lowest BCUT2D eigenvalue weighted by atomic mass is 9.63. The second-order valence-corrected chi connectivity index (χ2v) is 9.46. The van der Waals surface area contributed by atoms with Gasteiger partial charge in [-0.1, -0.05) is 61.9 Å². The van der Waals surface area contributed by atoms with E-state index in [9.17, 15) is 0 Å². The molecule has 2 atom stereocenters. The number of aromatic nitrogens is 1. The first-order chi connectivity index (χ1) is 16.2. The monoisotopic (exact) mass is 441 g/mol. The van der Waals surface area contributed by atoms with Gasteiger partial charge in [0, 0.05) is 37.2 Å². The van der Waals surface area contributed by atoms with E-state index in [1.807, 2.05) is 19.1 Å². The number of piperidine rings is 1. The summed E-state index contributed by atoms with van der Waals surface area (Å²) in [6, 6.07) is 23.7. The van der Waals surface area contributed by atoms with E-state index in [1.165, 1.54) is 29.7 Å². The van der Waals surface area contributed by atoms with Gasteiger partial charge in [-0.15, -0.1) is 0 Å². The molecule has 0 aliphatic carbocycles. The fourth-order valence-corrected chi connectivity index (χ4v) is 5.93. The highest BCUT2D eigenvalue weighted by atomic mass is 16.5. The highest BCUT2D eigenvalue weighted by Crippen LogP contribution is 2.45. The van der Waals surface area contributed by atoms with Crippen LogP contribution in [-0.4, -0.2) is 36.1 Å². The molecule has 1 unspecified atom stereocenters. The van der Waals surface area contributed by atoms with E-state index in [-0.39, 0.29) is 5.41 Å². The minimum absolute atomic E-state index is 0.167. The van der Waals surface area contributed by atoms with Crippen LogP contribution in [-0.2, 0) is 18.5 Å². The number of hydrogen-bond donors (Lipinski definition) is 1. The summed E-state index contributed by atoms with van der Waals surface area (Å²) in [5.74, 6) is 1.52. The van der Waals surface area contributed by atoms with Crippen molar-refractivity contribution in [1.29, 1.82) is 0 Å². The van der Waals surface area contributed by atoms with Crippen molar-refractivity contribution in [3.05, 3.63) is 83.6 Å². The number of nitrogens with one attached hydrogen (secondary N) is 1. The van der Waals surface area contributed by atoms with Crippen LogP contribution in [0.15, 0.2) is 66.7 Å². The van der Waals surface area contributed by atoms with Gasteiger partial charge in [0.05, 0.1) is 18.0 Å². The third-order valence-electron chi connectivity index (χ3n) is 7.58. The lowest BCUT2D eigenvalue weighted by molar-refractivity contribution is 0.0751. The minimum Gasteiger partial charge on any atom is -0.493 e. The Morgan fingerprint density at radius 1 is 1.03 bits per heavy atom. The summed E-state index contributed by atoms with van der Waals surface area (Å²) < 4.78 is 5.88. The summed E-state index contributed by atoms with van der Waals surface area (Å²) in [6.07, 6.45) is 2.36. The van der Waals surface area contributed by atoms with Gasteiger partial charge in [-0.3, -0.25) is 9.88 Å². The maximum Gasteiger partial charge on any atom is 0.128 e. The summed E-state index contributed by atoms with van der Waals surface area (Å²) >= 11 is 0. The molecule has 4 nitrogen and oxygen atoms in total. The largest absolute Gasteiger partial charge is 0.493 e. The Kier molecular flexibility index (Phi) is 6.48. The lowest BCUT2D eigenvalue weighted by Gasteiger charge is -2.50. The van der Waals surface area contributed by atoms with Crippen LogP contribution in [0, 0.1) is 5.92 Å². The Morgan fingerprint density at radius 3 is 2.67 bits per heavy atom. The summed E-state index contributed by atoms with van der Waals surface area (Å²) in [6.45, 7) is 10.2. The molecule has 4 heteroatoms. The van der Waals surface area contributed by atoms with Crippen LogP contribution in [0.1, 0.15) is 43.5 Å². The molecule has 2 aliphatic heterocycles. The molecule has 1 saturated heterocycles. The molecule has 3 heterocycles. The van der Waals surface area contributed by atoms with Crippen molar-refractivity contribution in [1.82, 2.24) is 15.2 Å². The first-order valence-corrected chi connectivity index (χ1v) is 12.4. The van der Waals surface area contributed by atoms with E-state index in [0.29, 0.717) is 12.5 Å². The number of rotatable bonds is 6. The van der Waals surface area contributed by atoms with Gasteiger partial charge < -0.3 is 10.1 Å². The van der Waals surface area contributed by atoms with E-state index >= 15 is 0 Å². The number of ether oxygens (including phenoxy) is 1. The smallest absolute Gasteiger partial charge is 0.128 e. The minimum atomic E-state index is 0.167. The second kappa shape index (κ2) is 9.66. The van der Waals surface area contributed by atoms with Gasteiger partial charge in [0.1, 0.15) is 5.75 Å². The number of benzene rings is 2. The molecule has 0 bridgehead atoms. The van der Waals surface area contributed by atoms with E-state index in [4.69, 9.17) is 9.72 Å². The SMILES string of the molecule is CCOc1ccccc1-c1ccc2c(n1)CNC[C@@]21CCN(Cc2ccccc2)CC1CC. The van der Waals surface area contributed by atoms with Gasteiger partial charge in [-0.05, 0) is 55.1 Å². The van der Waals surface area contributed by atoms with E-state index in [2.05, 4.69) is 71.7 Å². The molecular weight excluding hydrogens is 406 g/mol. The molecule has 0 amide bonds. The fraction of sp³-hybridized carbons (Fsp3) is 0.414. The zero-order chi connectivity index (χ0) is 22.7. The van der Waals surface area contributed by atoms with Crippen molar-refractivity contribution in [2.24, 2.45) is 5.92 Å². The quantitative estimate of drug-likeness (QED) is 0.554. The second-order valence-electron chi connectivity index (χ2n) is 9.46. The normalized spacial score (nSPS) is 22.8. The average molecular weight is 442 g/mol. The Labute approximate surface area is 198 Å². The molecule has 2 aliphatic rings. The lowest BCUT2D eigenvalue weighted by Crippen LogP contribution is -2.56. The van der Waals surface area contributed by atoms with Crippen LogP contribution in [0.5, 0.6) is 5.75 Å². The molecule has 172 valence electrons. The molecule has 2 aromatic carbocycles. The summed E-state index contributed by atoms with van der Waals surface area (Å²) in [4.78, 5) is 7.82. The summed E-state index contributed by atoms with van der Waals surface area (Å²) in [7, 11) is 0. The number of likely N-dealkylation sites (tertiary alicyclic amines) is 1. The first kappa shape index (κ1) is 22.1. The van der Waals surface area contributed by atoms with Crippen molar-refractivity contribution in [3.63, 3.8) is 0 Å². The van der Waals surface area contributed by atoms with Crippen LogP contribution in [0.3, 0.4) is 0 Å². The molecule has 1 spiro atoms. The number of pyridine rings is 1. The zero-order valence-electron chi connectivity index (χ0n) is 19.9. The fourth-order valence-electron chi connectivity index (χ4n) is 5.93. The summed E-state index contributed by atoms with van der Waals surface area (Å²) in [5.41, 5.74) is 6.33. The number of nitrogens with zero attached hydrogens (tertiary/aromatic N) is 2. The van der Waals surface area contributed by atoms with Crippen molar-refractivity contribution < 1.29 is 4.74 Å². The molecule has 0 saturated carbocycles. The van der Waals surface area contributed by atoms with Crippen LogP contribution in [0.2, 0.25) is 0 Å². The predicted molar refractivity (Wildman–Crippen MR) is 134 cm³/mol. The number of hydrogen-bond acceptors (Lipinski definition) is 4. The molecular formula is C29H35N3O. The molecule has 1 aromatic heterocycles. The van der Waals surface area contributed by atoms with Gasteiger partial charge >= 0.3 is 0 Å². The van der Waals surface area contributed by atoms with Crippen LogP contribution in [0.4, 0.5) is 0 Å². The molecule has 3 aromatic rings. The third kappa shape index (κ3) is 4.30. The van der Waals surface area contributed by atoms with Gasteiger partial charge in [-0.2, -0.15) is 0 Å². The standard InChI is InChI=1S/C29H35N3O/c1-3-23-20-32(19-22-10-6-5-7-11-22)17-16-29(23)21-30-18-27-25(29)14-15-26(31-27)24-12-8-9-13-28(24)33-4-2/h5-15,23,30H,3-4,16-21H2,1-2H3/t23?,29-/m1/s1. The van der Waals surface area contributed by atoms with Gasteiger partial charge in [0.15, 0.2) is 0 Å². The highest BCUT2D eigenvalue weighted by Gasteiger charge is 2.46. The third-order valence-corrected chi connectivity index (χ3v) is 7.58. The number of para-hydroxylation sites is 1. The van der Waals surface area contributed by atoms with Crippen LogP contribution < -0.4 is 10.1 Å². The van der Waals surface area contributed by atoms with Crippen molar-refractivity contribution in [2.75, 3.05) is 26.2 Å². The van der Waals surface area contributed by atoms with Crippen LogP contribution >= 0.6 is 0 Å². The summed E-state index contributed by atoms with van der Waals surface area (Å²) in [5, 5.41) is 3.74. The maximum absolute atomic E-state index is 5.88. The molecule has 1 fully saturated rings.